The van der Waals surface area contributed by atoms with E-state index in [9.17, 15) is 0 Å². The summed E-state index contributed by atoms with van der Waals surface area (Å²) in [4.78, 5) is 0. The van der Waals surface area contributed by atoms with E-state index in [0.29, 0.717) is 5.92 Å². The Balaban J connectivity index is 2.42. The Morgan fingerprint density at radius 1 is 1.07 bits per heavy atom. The molecule has 0 nitrogen and oxygen atoms in total. The van der Waals surface area contributed by atoms with Gasteiger partial charge in [-0.15, -0.1) is 0 Å². The molecular weight excluding hydrogens is 168 g/mol. The minimum absolute atomic E-state index is 0.588. The van der Waals surface area contributed by atoms with Crippen LogP contribution in [0.15, 0.2) is 42.0 Å². The molecule has 0 fully saturated rings. The Morgan fingerprint density at radius 3 is 2.43 bits per heavy atom. The summed E-state index contributed by atoms with van der Waals surface area (Å²) >= 11 is 0. The molecule has 72 valence electrons. The largest absolute Gasteiger partial charge is 0.0743 e. The van der Waals surface area contributed by atoms with Crippen LogP contribution < -0.4 is 0 Å². The van der Waals surface area contributed by atoms with Gasteiger partial charge in [0.15, 0.2) is 0 Å². The molecule has 14 heavy (non-hydrogen) atoms. The summed E-state index contributed by atoms with van der Waals surface area (Å²) in [5.74, 6) is 0.588. The molecule has 0 aromatic heterocycles. The predicted octanol–water partition coefficient (Wildman–Crippen LogP) is 3.97. The second kappa shape index (κ2) is 3.45. The van der Waals surface area contributed by atoms with Crippen molar-refractivity contribution in [3.63, 3.8) is 0 Å². The van der Waals surface area contributed by atoms with Crippen LogP contribution in [0.4, 0.5) is 0 Å². The maximum atomic E-state index is 2.34. The van der Waals surface area contributed by atoms with Crippen molar-refractivity contribution in [3.05, 3.63) is 53.1 Å². The number of hydrogen-bond donors (Lipinski definition) is 0. The van der Waals surface area contributed by atoms with E-state index in [1.807, 2.05) is 0 Å². The molecule has 0 spiro atoms. The fraction of sp³-hybridized carbons (Fsp3) is 0.286. The monoisotopic (exact) mass is 184 g/mol. The maximum Gasteiger partial charge on any atom is -0.00666 e. The highest BCUT2D eigenvalue weighted by Crippen LogP contribution is 2.31. The summed E-state index contributed by atoms with van der Waals surface area (Å²) in [6, 6.07) is 8.71. The summed E-state index contributed by atoms with van der Waals surface area (Å²) in [6.07, 6.45) is 4.65. The van der Waals surface area contributed by atoms with E-state index in [2.05, 4.69) is 57.2 Å². The molecule has 0 radical (unpaired) electrons. The third kappa shape index (κ3) is 1.65. The molecule has 0 amide bonds. The van der Waals surface area contributed by atoms with E-state index in [4.69, 9.17) is 0 Å². The molecule has 1 aliphatic carbocycles. The van der Waals surface area contributed by atoms with Crippen LogP contribution in [0.5, 0.6) is 0 Å². The fourth-order valence-corrected chi connectivity index (χ4v) is 2.06. The number of rotatable bonds is 1. The van der Waals surface area contributed by atoms with Crippen LogP contribution in [0.3, 0.4) is 0 Å². The molecule has 0 heterocycles. The van der Waals surface area contributed by atoms with Crippen molar-refractivity contribution in [3.8, 4) is 0 Å². The summed E-state index contributed by atoms with van der Waals surface area (Å²) in [5, 5.41) is 0. The van der Waals surface area contributed by atoms with Gasteiger partial charge in [-0.25, -0.2) is 0 Å². The molecule has 2 rings (SSSR count). The zero-order chi connectivity index (χ0) is 10.1. The second-order valence-corrected chi connectivity index (χ2v) is 4.16. The smallest absolute Gasteiger partial charge is 0.00666 e. The van der Waals surface area contributed by atoms with Crippen LogP contribution in [0.1, 0.15) is 25.0 Å². The summed E-state index contributed by atoms with van der Waals surface area (Å²) in [7, 11) is 0. The Hall–Kier alpha value is -1.30. The number of hydrogen-bond acceptors (Lipinski definition) is 0. The number of benzene rings is 1. The van der Waals surface area contributed by atoms with Crippen LogP contribution in [0.2, 0.25) is 0 Å². The average molecular weight is 184 g/mol. The van der Waals surface area contributed by atoms with Crippen molar-refractivity contribution in [1.82, 2.24) is 0 Å². The average Bonchev–Trinajstić information content (AvgIpc) is 2.45. The van der Waals surface area contributed by atoms with E-state index < -0.39 is 0 Å². The zero-order valence-corrected chi connectivity index (χ0v) is 9.04. The molecule has 1 aromatic carbocycles. The van der Waals surface area contributed by atoms with Crippen molar-refractivity contribution in [2.45, 2.75) is 20.8 Å². The molecule has 0 heteroatoms. The molecule has 1 aliphatic rings. The van der Waals surface area contributed by atoms with Gasteiger partial charge in [0.05, 0.1) is 0 Å². The number of aryl methyl sites for hydroxylation is 1. The third-order valence-corrected chi connectivity index (χ3v) is 2.70. The van der Waals surface area contributed by atoms with Gasteiger partial charge < -0.3 is 0 Å². The Bertz CT molecular complexity index is 408. The van der Waals surface area contributed by atoms with Gasteiger partial charge in [-0.1, -0.05) is 48.9 Å². The van der Waals surface area contributed by atoms with Gasteiger partial charge in [0.1, 0.15) is 0 Å². The van der Waals surface area contributed by atoms with Gasteiger partial charge in [-0.3, -0.25) is 0 Å². The Kier molecular flexibility index (Phi) is 2.28. The van der Waals surface area contributed by atoms with Crippen molar-refractivity contribution >= 4 is 5.57 Å². The highest BCUT2D eigenvalue weighted by Gasteiger charge is 2.12. The Morgan fingerprint density at radius 2 is 1.86 bits per heavy atom. The third-order valence-electron chi connectivity index (χ3n) is 2.70. The first kappa shape index (κ1) is 9.26. The molecule has 0 saturated carbocycles. The van der Waals surface area contributed by atoms with Crippen LogP contribution >= 0.6 is 0 Å². The van der Waals surface area contributed by atoms with Crippen molar-refractivity contribution in [1.29, 1.82) is 0 Å². The minimum atomic E-state index is 0.588. The summed E-state index contributed by atoms with van der Waals surface area (Å²) in [6.45, 7) is 6.56. The lowest BCUT2D eigenvalue weighted by Gasteiger charge is -2.05. The van der Waals surface area contributed by atoms with E-state index in [-0.39, 0.29) is 0 Å². The molecular formula is C14H16. The van der Waals surface area contributed by atoms with Crippen LogP contribution in [-0.2, 0) is 0 Å². The van der Waals surface area contributed by atoms with Gasteiger partial charge in [-0.05, 0) is 36.5 Å². The summed E-state index contributed by atoms with van der Waals surface area (Å²) < 4.78 is 0. The lowest BCUT2D eigenvalue weighted by Crippen LogP contribution is -1.84. The molecule has 1 unspecified atom stereocenters. The first-order valence-corrected chi connectivity index (χ1v) is 5.14. The van der Waals surface area contributed by atoms with Crippen molar-refractivity contribution in [2.75, 3.05) is 0 Å². The lowest BCUT2D eigenvalue weighted by atomic mass is 10.0. The van der Waals surface area contributed by atoms with E-state index in [1.54, 1.807) is 0 Å². The Labute approximate surface area is 86.0 Å². The molecule has 0 bridgehead atoms. The normalized spacial score (nSPS) is 20.6. The van der Waals surface area contributed by atoms with Gasteiger partial charge in [0.2, 0.25) is 0 Å². The van der Waals surface area contributed by atoms with Crippen molar-refractivity contribution < 1.29 is 0 Å². The van der Waals surface area contributed by atoms with E-state index in [0.717, 1.165) is 0 Å². The fourth-order valence-electron chi connectivity index (χ4n) is 2.06. The SMILES string of the molecule is CC1=CC(C)C=C1c1cccc(C)c1. The van der Waals surface area contributed by atoms with Crippen LogP contribution in [0, 0.1) is 12.8 Å². The molecule has 0 saturated heterocycles. The lowest BCUT2D eigenvalue weighted by molar-refractivity contribution is 0.955. The van der Waals surface area contributed by atoms with Crippen molar-refractivity contribution in [2.24, 2.45) is 5.92 Å². The summed E-state index contributed by atoms with van der Waals surface area (Å²) in [5.41, 5.74) is 5.49. The molecule has 1 atom stereocenters. The van der Waals surface area contributed by atoms with E-state index in [1.165, 1.54) is 22.3 Å². The first-order chi connectivity index (χ1) is 6.66. The molecule has 1 aromatic rings. The zero-order valence-electron chi connectivity index (χ0n) is 9.04. The quantitative estimate of drug-likeness (QED) is 0.619. The van der Waals surface area contributed by atoms with Crippen LogP contribution in [-0.4, -0.2) is 0 Å². The topological polar surface area (TPSA) is 0 Å². The number of allylic oxidation sites excluding steroid dienone is 4. The highest BCUT2D eigenvalue weighted by molar-refractivity contribution is 5.81. The molecule has 0 N–H and O–H groups in total. The van der Waals surface area contributed by atoms with Gasteiger partial charge >= 0.3 is 0 Å². The second-order valence-electron chi connectivity index (χ2n) is 4.16. The van der Waals surface area contributed by atoms with Gasteiger partial charge in [-0.2, -0.15) is 0 Å². The van der Waals surface area contributed by atoms with Crippen LogP contribution in [0.25, 0.3) is 5.57 Å². The standard InChI is InChI=1S/C14H16/c1-10-5-4-6-13(8-10)14-9-11(2)7-12(14)3/h4-9,11H,1-3H3. The van der Waals surface area contributed by atoms with Gasteiger partial charge in [0.25, 0.3) is 0 Å². The molecule has 0 aliphatic heterocycles. The predicted molar refractivity (Wildman–Crippen MR) is 62.1 cm³/mol. The van der Waals surface area contributed by atoms with E-state index >= 15 is 0 Å². The first-order valence-electron chi connectivity index (χ1n) is 5.14. The van der Waals surface area contributed by atoms with Gasteiger partial charge in [0, 0.05) is 0 Å². The minimum Gasteiger partial charge on any atom is -0.0743 e. The highest BCUT2D eigenvalue weighted by atomic mass is 14.2. The maximum absolute atomic E-state index is 2.34.